The van der Waals surface area contributed by atoms with Crippen LogP contribution in [0.3, 0.4) is 0 Å². The van der Waals surface area contributed by atoms with Gasteiger partial charge in [0.15, 0.2) is 0 Å². The number of nitrogens with one attached hydrogen (secondary N) is 2. The van der Waals surface area contributed by atoms with Crippen molar-refractivity contribution >= 4 is 17.4 Å². The molecule has 0 bridgehead atoms. The zero-order valence-electron chi connectivity index (χ0n) is 17.7. The average molecular weight is 417 g/mol. The normalized spacial score (nSPS) is 23.2. The summed E-state index contributed by atoms with van der Waals surface area (Å²) in [5.74, 6) is -2.79. The number of aromatic nitrogens is 1. The minimum atomic E-state index is -2.12. The molecule has 2 atom stereocenters. The molecule has 1 aliphatic heterocycles. The number of aryl methyl sites for hydroxylation is 2. The lowest BCUT2D eigenvalue weighted by molar-refractivity contribution is -0.169. The molecule has 0 radical (unpaired) electrons. The Hall–Kier alpha value is -3.58. The molecule has 1 aromatic heterocycles. The smallest absolute Gasteiger partial charge is 0.271 e. The van der Waals surface area contributed by atoms with Crippen LogP contribution in [0.4, 0.5) is 5.69 Å². The predicted molar refractivity (Wildman–Crippen MR) is 115 cm³/mol. The van der Waals surface area contributed by atoms with Gasteiger partial charge in [0.2, 0.25) is 11.3 Å². The van der Waals surface area contributed by atoms with Crippen molar-refractivity contribution in [2.24, 2.45) is 0 Å². The van der Waals surface area contributed by atoms with Crippen LogP contribution in [0.2, 0.25) is 0 Å². The predicted octanol–water partition coefficient (Wildman–Crippen LogP) is 2.89. The second-order valence-electron chi connectivity index (χ2n) is 8.42. The summed E-state index contributed by atoms with van der Waals surface area (Å²) in [4.78, 5) is 30.4. The molecule has 3 aromatic rings. The van der Waals surface area contributed by atoms with E-state index in [2.05, 4.69) is 10.3 Å². The number of amides is 1. The molecular formula is C24H23N3O4. The molecule has 7 nitrogen and oxygen atoms in total. The van der Waals surface area contributed by atoms with Crippen LogP contribution in [0.5, 0.6) is 5.75 Å². The highest BCUT2D eigenvalue weighted by Crippen LogP contribution is 2.59. The highest BCUT2D eigenvalue weighted by Gasteiger charge is 2.72. The third-order valence-corrected chi connectivity index (χ3v) is 6.68. The molecule has 0 saturated heterocycles. The molecule has 1 aliphatic carbocycles. The molecule has 0 spiro atoms. The average Bonchev–Trinajstić information content (AvgIpc) is 3.20. The Morgan fingerprint density at radius 2 is 1.84 bits per heavy atom. The van der Waals surface area contributed by atoms with E-state index in [-0.39, 0.29) is 16.8 Å². The number of rotatable bonds is 2. The van der Waals surface area contributed by atoms with Crippen LogP contribution in [-0.2, 0) is 11.3 Å². The summed E-state index contributed by atoms with van der Waals surface area (Å²) in [6.45, 7) is 7.51. The van der Waals surface area contributed by atoms with Gasteiger partial charge in [-0.05, 0) is 56.5 Å². The van der Waals surface area contributed by atoms with E-state index in [0.717, 1.165) is 22.4 Å². The zero-order chi connectivity index (χ0) is 22.3. The second-order valence-corrected chi connectivity index (χ2v) is 8.42. The Balaban J connectivity index is 1.75. The van der Waals surface area contributed by atoms with Gasteiger partial charge in [-0.15, -0.1) is 0 Å². The molecule has 2 aliphatic rings. The van der Waals surface area contributed by atoms with Gasteiger partial charge in [0, 0.05) is 22.5 Å². The van der Waals surface area contributed by atoms with E-state index in [1.165, 1.54) is 0 Å². The number of carbonyl (C=O) groups excluding carboxylic acids is 2. The molecule has 0 saturated carbocycles. The van der Waals surface area contributed by atoms with Gasteiger partial charge >= 0.3 is 0 Å². The fraction of sp³-hybridized carbons (Fsp3) is 0.250. The highest BCUT2D eigenvalue weighted by atomic mass is 16.6. The third kappa shape index (κ3) is 2.21. The molecule has 2 unspecified atom stereocenters. The fourth-order valence-electron chi connectivity index (χ4n) is 4.78. The minimum Gasteiger partial charge on any atom is -0.454 e. The molecule has 31 heavy (non-hydrogen) atoms. The Morgan fingerprint density at radius 3 is 2.52 bits per heavy atom. The summed E-state index contributed by atoms with van der Waals surface area (Å²) in [6.07, 6.45) is 0. The SMILES string of the molecule is Cc1ccc2c(c1)OC1(O)c3cccc(N)c3C(=O)C21NC(=O)c1[nH]c(C)c(C)c1C. The summed E-state index contributed by atoms with van der Waals surface area (Å²) < 4.78 is 6.00. The molecule has 1 amide bonds. The van der Waals surface area contributed by atoms with Crippen LogP contribution >= 0.6 is 0 Å². The molecular weight excluding hydrogens is 394 g/mol. The lowest BCUT2D eigenvalue weighted by Gasteiger charge is -2.34. The summed E-state index contributed by atoms with van der Waals surface area (Å²) in [5, 5.41) is 14.7. The zero-order valence-corrected chi connectivity index (χ0v) is 17.7. The molecule has 5 N–H and O–H groups in total. The van der Waals surface area contributed by atoms with Gasteiger partial charge < -0.3 is 25.9 Å². The lowest BCUT2D eigenvalue weighted by Crippen LogP contribution is -2.60. The maximum Gasteiger partial charge on any atom is 0.271 e. The number of fused-ring (bicyclic) bond motifs is 5. The van der Waals surface area contributed by atoms with E-state index < -0.39 is 23.0 Å². The van der Waals surface area contributed by atoms with Crippen LogP contribution < -0.4 is 15.8 Å². The quantitative estimate of drug-likeness (QED) is 0.478. The number of benzene rings is 2. The largest absolute Gasteiger partial charge is 0.454 e. The van der Waals surface area contributed by atoms with Crippen LogP contribution in [0, 0.1) is 27.7 Å². The van der Waals surface area contributed by atoms with Gasteiger partial charge in [-0.3, -0.25) is 9.59 Å². The minimum absolute atomic E-state index is 0.159. The number of hydrogen-bond donors (Lipinski definition) is 4. The first kappa shape index (κ1) is 19.4. The number of hydrogen-bond acceptors (Lipinski definition) is 5. The van der Waals surface area contributed by atoms with Crippen LogP contribution in [0.15, 0.2) is 36.4 Å². The first-order valence-corrected chi connectivity index (χ1v) is 10.1. The van der Waals surface area contributed by atoms with Crippen molar-refractivity contribution in [3.05, 3.63) is 81.2 Å². The summed E-state index contributed by atoms with van der Waals surface area (Å²) >= 11 is 0. The molecule has 0 fully saturated rings. The number of nitrogen functional groups attached to an aromatic ring is 1. The van der Waals surface area contributed by atoms with Gasteiger partial charge in [0.1, 0.15) is 11.4 Å². The number of carbonyl (C=O) groups is 2. The number of aliphatic hydroxyl groups is 1. The molecule has 2 aromatic carbocycles. The molecule has 7 heteroatoms. The van der Waals surface area contributed by atoms with Crippen molar-refractivity contribution in [1.29, 1.82) is 0 Å². The van der Waals surface area contributed by atoms with Gasteiger partial charge in [-0.25, -0.2) is 0 Å². The summed E-state index contributed by atoms with van der Waals surface area (Å²) in [6, 6.07) is 10.1. The van der Waals surface area contributed by atoms with E-state index in [1.54, 1.807) is 30.3 Å². The van der Waals surface area contributed by atoms with Crippen molar-refractivity contribution in [2.75, 3.05) is 5.73 Å². The van der Waals surface area contributed by atoms with E-state index in [0.29, 0.717) is 17.0 Å². The van der Waals surface area contributed by atoms with Gasteiger partial charge in [0.25, 0.3) is 11.7 Å². The number of ether oxygens (including phenoxy) is 1. The van der Waals surface area contributed by atoms with Crippen molar-refractivity contribution in [2.45, 2.75) is 39.0 Å². The number of aromatic amines is 1. The topological polar surface area (TPSA) is 117 Å². The van der Waals surface area contributed by atoms with Crippen molar-refractivity contribution in [3.8, 4) is 5.75 Å². The Kier molecular flexibility index (Phi) is 3.74. The molecule has 158 valence electrons. The number of nitrogens with two attached hydrogens (primary N) is 1. The van der Waals surface area contributed by atoms with Gasteiger partial charge in [0.05, 0.1) is 5.56 Å². The highest BCUT2D eigenvalue weighted by molar-refractivity contribution is 6.16. The third-order valence-electron chi connectivity index (χ3n) is 6.68. The van der Waals surface area contributed by atoms with E-state index >= 15 is 0 Å². The lowest BCUT2D eigenvalue weighted by atomic mass is 9.82. The van der Waals surface area contributed by atoms with E-state index in [4.69, 9.17) is 10.5 Å². The Labute approximate surface area is 179 Å². The number of Topliss-reactive ketones (excluding diaryl/α,β-unsaturated/α-hetero) is 1. The molecule has 2 heterocycles. The Morgan fingerprint density at radius 1 is 1.10 bits per heavy atom. The Bertz CT molecular complexity index is 1310. The monoisotopic (exact) mass is 417 g/mol. The standard InChI is InChI=1S/C24H23N3O4/c1-11-8-9-15-18(10-11)31-24(30)16-6-5-7-17(25)19(16)21(28)23(15,24)27-22(29)20-13(3)12(2)14(4)26-20/h5-10,26,30H,25H2,1-4H3,(H,27,29). The maximum absolute atomic E-state index is 13.9. The van der Waals surface area contributed by atoms with Gasteiger partial charge in [-0.1, -0.05) is 24.3 Å². The van der Waals surface area contributed by atoms with Crippen molar-refractivity contribution < 1.29 is 19.4 Å². The van der Waals surface area contributed by atoms with Crippen LogP contribution in [0.1, 0.15) is 54.4 Å². The first-order valence-electron chi connectivity index (χ1n) is 10.1. The fourth-order valence-corrected chi connectivity index (χ4v) is 4.78. The first-order chi connectivity index (χ1) is 14.6. The van der Waals surface area contributed by atoms with Crippen molar-refractivity contribution in [1.82, 2.24) is 10.3 Å². The number of ketones is 1. The summed E-state index contributed by atoms with van der Waals surface area (Å²) in [7, 11) is 0. The van der Waals surface area contributed by atoms with Crippen LogP contribution in [-0.4, -0.2) is 21.8 Å². The van der Waals surface area contributed by atoms with Crippen LogP contribution in [0.25, 0.3) is 0 Å². The molecule has 5 rings (SSSR count). The maximum atomic E-state index is 13.9. The van der Waals surface area contributed by atoms with Crippen molar-refractivity contribution in [3.63, 3.8) is 0 Å². The van der Waals surface area contributed by atoms with E-state index in [9.17, 15) is 14.7 Å². The summed E-state index contributed by atoms with van der Waals surface area (Å²) in [5.41, 5.74) is 9.10. The number of anilines is 1. The van der Waals surface area contributed by atoms with Gasteiger partial charge in [-0.2, -0.15) is 0 Å². The second kappa shape index (κ2) is 5.98. The van der Waals surface area contributed by atoms with E-state index in [1.807, 2.05) is 33.8 Å². The number of H-pyrrole nitrogens is 1.